The van der Waals surface area contributed by atoms with E-state index in [2.05, 4.69) is 30.8 Å². The summed E-state index contributed by atoms with van der Waals surface area (Å²) in [5, 5.41) is 0. The number of aromatic amines is 1. The van der Waals surface area contributed by atoms with Gasteiger partial charge in [-0.05, 0) is 50.8 Å². The maximum atomic E-state index is 12.7. The van der Waals surface area contributed by atoms with Crippen molar-refractivity contribution in [3.8, 4) is 11.4 Å². The zero-order chi connectivity index (χ0) is 19.5. The minimum Gasteiger partial charge on any atom is -0.366 e. The fourth-order valence-corrected chi connectivity index (χ4v) is 4.91. The van der Waals surface area contributed by atoms with Crippen LogP contribution in [0.25, 0.3) is 22.6 Å². The molecule has 2 bridgehead atoms. The maximum Gasteiger partial charge on any atom is 0.226 e. The van der Waals surface area contributed by atoms with Gasteiger partial charge in [-0.3, -0.25) is 9.78 Å². The van der Waals surface area contributed by atoms with E-state index >= 15 is 0 Å². The molecule has 7 nitrogen and oxygen atoms in total. The van der Waals surface area contributed by atoms with Crippen molar-refractivity contribution in [1.29, 1.82) is 0 Å². The molecule has 29 heavy (non-hydrogen) atoms. The minimum absolute atomic E-state index is 0.301. The zero-order valence-electron chi connectivity index (χ0n) is 16.5. The van der Waals surface area contributed by atoms with E-state index in [1.165, 1.54) is 0 Å². The molecule has 0 aromatic carbocycles. The molecule has 2 unspecified atom stereocenters. The lowest BCUT2D eigenvalue weighted by molar-refractivity contribution is -0.135. The Bertz CT molecular complexity index is 1070. The average Bonchev–Trinajstić information content (AvgIpc) is 3.44. The summed E-state index contributed by atoms with van der Waals surface area (Å²) in [5.74, 6) is 1.49. The second kappa shape index (κ2) is 6.27. The van der Waals surface area contributed by atoms with Crippen LogP contribution in [-0.2, 0) is 4.79 Å². The number of hydrogen-bond acceptors (Lipinski definition) is 5. The second-order valence-corrected chi connectivity index (χ2v) is 8.61. The molecule has 0 radical (unpaired) electrons. The van der Waals surface area contributed by atoms with Crippen molar-refractivity contribution < 1.29 is 4.79 Å². The number of imidazole rings is 1. The first kappa shape index (κ1) is 16.9. The largest absolute Gasteiger partial charge is 0.366 e. The number of amides is 1. The molecule has 3 aromatic rings. The Morgan fingerprint density at radius 1 is 1.07 bits per heavy atom. The molecular weight excluding hydrogens is 364 g/mol. The number of fused-ring (bicyclic) bond motifs is 3. The summed E-state index contributed by atoms with van der Waals surface area (Å²) in [5.41, 5.74) is 4.76. The molecule has 3 aliphatic rings. The number of hydrogen-bond donors (Lipinski definition) is 1. The first-order valence-electron chi connectivity index (χ1n) is 10.5. The van der Waals surface area contributed by atoms with Crippen LogP contribution in [0.4, 0.5) is 5.69 Å². The Morgan fingerprint density at radius 3 is 2.55 bits per heavy atom. The lowest BCUT2D eigenvalue weighted by atomic mass is 10.1. The number of aryl methyl sites for hydroxylation is 1. The Hall–Kier alpha value is -2.96. The van der Waals surface area contributed by atoms with Gasteiger partial charge in [0.25, 0.3) is 0 Å². The van der Waals surface area contributed by atoms with Crippen LogP contribution in [0.1, 0.15) is 31.4 Å². The van der Waals surface area contributed by atoms with E-state index < -0.39 is 0 Å². The number of pyridine rings is 2. The monoisotopic (exact) mass is 388 g/mol. The molecular formula is C22H24N6O. The molecule has 1 N–H and O–H groups in total. The summed E-state index contributed by atoms with van der Waals surface area (Å²) in [6.07, 6.45) is 8.05. The minimum atomic E-state index is 0.301. The van der Waals surface area contributed by atoms with Crippen LogP contribution in [0.5, 0.6) is 0 Å². The van der Waals surface area contributed by atoms with Crippen LogP contribution in [0, 0.1) is 12.8 Å². The first-order chi connectivity index (χ1) is 14.2. The number of piperazine rings is 1. The summed E-state index contributed by atoms with van der Waals surface area (Å²) in [7, 11) is 0. The van der Waals surface area contributed by atoms with E-state index in [-0.39, 0.29) is 0 Å². The third-order valence-electron chi connectivity index (χ3n) is 6.56. The van der Waals surface area contributed by atoms with Crippen molar-refractivity contribution in [3.05, 3.63) is 36.3 Å². The van der Waals surface area contributed by atoms with Crippen LogP contribution in [0.3, 0.4) is 0 Å². The molecule has 2 aliphatic heterocycles. The van der Waals surface area contributed by atoms with E-state index in [0.717, 1.165) is 72.7 Å². The number of nitrogens with one attached hydrogen (secondary N) is 1. The van der Waals surface area contributed by atoms with Gasteiger partial charge in [0.2, 0.25) is 5.91 Å². The normalized spacial score (nSPS) is 23.8. The van der Waals surface area contributed by atoms with Crippen molar-refractivity contribution in [2.24, 2.45) is 5.92 Å². The predicted octanol–water partition coefficient (Wildman–Crippen LogP) is 2.92. The number of carbonyl (C=O) groups excluding carboxylic acids is 1. The van der Waals surface area contributed by atoms with Crippen molar-refractivity contribution in [3.63, 3.8) is 0 Å². The predicted molar refractivity (Wildman–Crippen MR) is 110 cm³/mol. The highest BCUT2D eigenvalue weighted by atomic mass is 16.2. The molecule has 2 saturated heterocycles. The molecule has 1 amide bonds. The maximum absolute atomic E-state index is 12.7. The summed E-state index contributed by atoms with van der Waals surface area (Å²) < 4.78 is 0. The Balaban J connectivity index is 1.32. The van der Waals surface area contributed by atoms with Gasteiger partial charge in [0.1, 0.15) is 11.3 Å². The van der Waals surface area contributed by atoms with Gasteiger partial charge in [-0.2, -0.15) is 0 Å². The number of H-pyrrole nitrogens is 1. The van der Waals surface area contributed by atoms with Gasteiger partial charge >= 0.3 is 0 Å². The number of carbonyl (C=O) groups is 1. The Labute approximate surface area is 169 Å². The lowest BCUT2D eigenvalue weighted by Gasteiger charge is -2.42. The van der Waals surface area contributed by atoms with E-state index in [1.807, 2.05) is 31.5 Å². The number of rotatable bonds is 3. The summed E-state index contributed by atoms with van der Waals surface area (Å²) >= 11 is 0. The fraction of sp³-hybridized carbons (Fsp3) is 0.455. The van der Waals surface area contributed by atoms with Gasteiger partial charge < -0.3 is 14.8 Å². The number of nitrogens with zero attached hydrogens (tertiary/aromatic N) is 5. The van der Waals surface area contributed by atoms with Crippen molar-refractivity contribution in [1.82, 2.24) is 24.8 Å². The van der Waals surface area contributed by atoms with Crippen LogP contribution in [0.15, 0.2) is 30.6 Å². The van der Waals surface area contributed by atoms with E-state index in [1.54, 1.807) is 0 Å². The zero-order valence-corrected chi connectivity index (χ0v) is 16.5. The summed E-state index contributed by atoms with van der Waals surface area (Å²) in [6.45, 7) is 3.74. The summed E-state index contributed by atoms with van der Waals surface area (Å²) in [6, 6.07) is 6.74. The molecule has 1 aliphatic carbocycles. The van der Waals surface area contributed by atoms with Crippen molar-refractivity contribution in [2.75, 3.05) is 18.0 Å². The van der Waals surface area contributed by atoms with Crippen molar-refractivity contribution >= 4 is 22.8 Å². The molecule has 5 heterocycles. The van der Waals surface area contributed by atoms with Gasteiger partial charge in [0, 0.05) is 54.7 Å². The number of anilines is 1. The fourth-order valence-electron chi connectivity index (χ4n) is 4.91. The molecule has 148 valence electrons. The van der Waals surface area contributed by atoms with E-state index in [4.69, 9.17) is 4.98 Å². The van der Waals surface area contributed by atoms with Gasteiger partial charge in [-0.1, -0.05) is 0 Å². The standard InChI is InChI=1S/C22H24N6O/c1-13-2-3-15(10-24-13)20-25-19-18(8-9-23-21(19)26-20)27-11-16-6-7-17(12-27)28(16)22(29)14-4-5-14/h2-3,8-10,14,16-17H,4-7,11-12H2,1H3,(H,23,25,26). The third-order valence-corrected chi connectivity index (χ3v) is 6.56. The summed E-state index contributed by atoms with van der Waals surface area (Å²) in [4.78, 5) is 34.4. The highest BCUT2D eigenvalue weighted by Crippen LogP contribution is 2.39. The SMILES string of the molecule is Cc1ccc(-c2nc3nccc(N4CC5CCC(C4)N5C(=O)C4CC4)c3[nH]2)cn1. The molecule has 1 saturated carbocycles. The smallest absolute Gasteiger partial charge is 0.226 e. The second-order valence-electron chi connectivity index (χ2n) is 8.61. The highest BCUT2D eigenvalue weighted by Gasteiger charge is 2.46. The first-order valence-corrected chi connectivity index (χ1v) is 10.5. The van der Waals surface area contributed by atoms with Gasteiger partial charge in [0.05, 0.1) is 5.69 Å². The van der Waals surface area contributed by atoms with Gasteiger partial charge in [0.15, 0.2) is 5.65 Å². The van der Waals surface area contributed by atoms with Crippen LogP contribution < -0.4 is 4.90 Å². The Kier molecular flexibility index (Phi) is 3.66. The van der Waals surface area contributed by atoms with Crippen LogP contribution in [0.2, 0.25) is 0 Å². The molecule has 7 heteroatoms. The number of aromatic nitrogens is 4. The molecule has 6 rings (SSSR count). The van der Waals surface area contributed by atoms with E-state index in [9.17, 15) is 4.79 Å². The van der Waals surface area contributed by atoms with Crippen molar-refractivity contribution in [2.45, 2.75) is 44.7 Å². The third kappa shape index (κ3) is 2.79. The quantitative estimate of drug-likeness (QED) is 0.746. The molecule has 0 spiro atoms. The molecule has 3 aromatic heterocycles. The topological polar surface area (TPSA) is 78.0 Å². The lowest BCUT2D eigenvalue weighted by Crippen LogP contribution is -2.56. The highest BCUT2D eigenvalue weighted by molar-refractivity contribution is 5.89. The van der Waals surface area contributed by atoms with Crippen LogP contribution in [-0.4, -0.2) is 55.9 Å². The molecule has 3 fully saturated rings. The Morgan fingerprint density at radius 2 is 1.86 bits per heavy atom. The molecule has 2 atom stereocenters. The van der Waals surface area contributed by atoms with Gasteiger partial charge in [-0.15, -0.1) is 0 Å². The van der Waals surface area contributed by atoms with Gasteiger partial charge in [-0.25, -0.2) is 9.97 Å². The van der Waals surface area contributed by atoms with E-state index in [0.29, 0.717) is 23.9 Å². The van der Waals surface area contributed by atoms with Crippen LogP contribution >= 0.6 is 0 Å². The average molecular weight is 388 g/mol.